The van der Waals surface area contributed by atoms with Gasteiger partial charge in [-0.05, 0) is 25.0 Å². The highest BCUT2D eigenvalue weighted by atomic mass is 35.5. The van der Waals surface area contributed by atoms with Crippen LogP contribution in [0.1, 0.15) is 18.4 Å². The van der Waals surface area contributed by atoms with Gasteiger partial charge >= 0.3 is 6.03 Å². The van der Waals surface area contributed by atoms with Crippen molar-refractivity contribution in [1.29, 1.82) is 0 Å². The Bertz CT molecular complexity index is 503. The zero-order valence-corrected chi connectivity index (χ0v) is 12.2. The Hall–Kier alpha value is -1.59. The number of hydrogen-bond donors (Lipinski definition) is 3. The van der Waals surface area contributed by atoms with Crippen LogP contribution in [0.2, 0.25) is 5.02 Å². The maximum Gasteiger partial charge on any atom is 0.321 e. The van der Waals surface area contributed by atoms with Crippen molar-refractivity contribution >= 4 is 23.5 Å². The first-order chi connectivity index (χ1) is 9.52. The van der Waals surface area contributed by atoms with Gasteiger partial charge in [0.2, 0.25) is 0 Å². The summed E-state index contributed by atoms with van der Waals surface area (Å²) in [7, 11) is 1.90. The molecule has 0 aromatic heterocycles. The number of nitrogens with one attached hydrogen (secondary N) is 3. The molecule has 5 nitrogen and oxygen atoms in total. The second kappa shape index (κ2) is 6.72. The lowest BCUT2D eigenvalue weighted by Crippen LogP contribution is -3.09. The summed E-state index contributed by atoms with van der Waals surface area (Å²) in [5, 5.41) is 5.74. The largest absolute Gasteiger partial charge is 0.335 e. The Morgan fingerprint density at radius 3 is 2.80 bits per heavy atom. The van der Waals surface area contributed by atoms with Crippen molar-refractivity contribution in [2.24, 2.45) is 0 Å². The van der Waals surface area contributed by atoms with Crippen molar-refractivity contribution in [2.45, 2.75) is 25.4 Å². The van der Waals surface area contributed by atoms with Gasteiger partial charge in [-0.1, -0.05) is 23.7 Å². The van der Waals surface area contributed by atoms with Crippen LogP contribution in [0.3, 0.4) is 0 Å². The van der Waals surface area contributed by atoms with Crippen LogP contribution < -0.4 is 15.5 Å². The molecule has 0 bridgehead atoms. The molecular formula is C14H19ClN3O2+. The quantitative estimate of drug-likeness (QED) is 0.734. The Morgan fingerprint density at radius 1 is 1.40 bits per heavy atom. The molecule has 0 radical (unpaired) electrons. The van der Waals surface area contributed by atoms with E-state index in [4.69, 9.17) is 11.6 Å². The normalized spacial score (nSPS) is 15.5. The molecule has 2 rings (SSSR count). The average molecular weight is 297 g/mol. The van der Waals surface area contributed by atoms with Crippen LogP contribution in [0.25, 0.3) is 0 Å². The summed E-state index contributed by atoms with van der Waals surface area (Å²) in [5.41, 5.74) is 1.06. The third-order valence-corrected chi connectivity index (χ3v) is 3.26. The summed E-state index contributed by atoms with van der Waals surface area (Å²) in [5.74, 6) is -0.275. The molecule has 108 valence electrons. The van der Waals surface area contributed by atoms with E-state index in [1.807, 2.05) is 31.3 Å². The summed E-state index contributed by atoms with van der Waals surface area (Å²) in [6.07, 6.45) is 2.00. The molecule has 1 aromatic carbocycles. The number of quaternary nitrogens is 1. The highest BCUT2D eigenvalue weighted by molar-refractivity contribution is 6.30. The molecule has 1 aliphatic rings. The van der Waals surface area contributed by atoms with Gasteiger partial charge in [0, 0.05) is 16.6 Å². The highest BCUT2D eigenvalue weighted by Crippen LogP contribution is 2.18. The summed E-state index contributed by atoms with van der Waals surface area (Å²) in [6.45, 7) is 0.919. The number of likely N-dealkylation sites (N-methyl/N-ethyl adjacent to an activating group) is 1. The first-order valence-electron chi connectivity index (χ1n) is 6.69. The number of carbonyl (C=O) groups is 2. The fourth-order valence-corrected chi connectivity index (χ4v) is 2.16. The number of halogens is 1. The van der Waals surface area contributed by atoms with Gasteiger partial charge in [0.25, 0.3) is 5.91 Å². The second-order valence-corrected chi connectivity index (χ2v) is 5.67. The molecule has 0 heterocycles. The molecule has 1 unspecified atom stereocenters. The van der Waals surface area contributed by atoms with Crippen LogP contribution in [0.5, 0.6) is 0 Å². The molecule has 3 amide bonds. The summed E-state index contributed by atoms with van der Waals surface area (Å²) in [4.78, 5) is 24.1. The van der Waals surface area contributed by atoms with Crippen LogP contribution >= 0.6 is 11.6 Å². The predicted molar refractivity (Wildman–Crippen MR) is 76.6 cm³/mol. The average Bonchev–Trinajstić information content (AvgIpc) is 3.11. The maximum atomic E-state index is 11.7. The Kier molecular flexibility index (Phi) is 4.98. The molecule has 0 aliphatic heterocycles. The molecule has 20 heavy (non-hydrogen) atoms. The molecule has 1 atom stereocenters. The van der Waals surface area contributed by atoms with Gasteiger partial charge < -0.3 is 10.2 Å². The molecular weight excluding hydrogens is 278 g/mol. The van der Waals surface area contributed by atoms with Gasteiger partial charge in [-0.2, -0.15) is 0 Å². The monoisotopic (exact) mass is 296 g/mol. The lowest BCUT2D eigenvalue weighted by atomic mass is 10.2. The fourth-order valence-electron chi connectivity index (χ4n) is 1.95. The molecule has 1 fully saturated rings. The van der Waals surface area contributed by atoms with Crippen molar-refractivity contribution in [2.75, 3.05) is 13.6 Å². The van der Waals surface area contributed by atoms with Crippen LogP contribution in [0.4, 0.5) is 4.79 Å². The summed E-state index contributed by atoms with van der Waals surface area (Å²) < 4.78 is 0. The van der Waals surface area contributed by atoms with Gasteiger partial charge in [0.15, 0.2) is 6.54 Å². The second-order valence-electron chi connectivity index (χ2n) is 5.24. The number of urea groups is 1. The minimum Gasteiger partial charge on any atom is -0.335 e. The van der Waals surface area contributed by atoms with Crippen molar-refractivity contribution in [3.8, 4) is 0 Å². The standard InChI is InChI=1S/C14H18ClN3O2/c1-18(8-10-3-2-4-11(15)7-10)9-13(19)17-14(20)16-12-5-6-12/h2-4,7,12H,5-6,8-9H2,1H3,(H2,16,17,19,20)/p+1. The maximum absolute atomic E-state index is 11.7. The zero-order chi connectivity index (χ0) is 14.5. The van der Waals surface area contributed by atoms with E-state index in [2.05, 4.69) is 10.6 Å². The van der Waals surface area contributed by atoms with E-state index < -0.39 is 6.03 Å². The van der Waals surface area contributed by atoms with Crippen molar-refractivity contribution in [1.82, 2.24) is 10.6 Å². The van der Waals surface area contributed by atoms with Crippen LogP contribution in [0.15, 0.2) is 24.3 Å². The van der Waals surface area contributed by atoms with Gasteiger partial charge in [0.05, 0.1) is 7.05 Å². The predicted octanol–water partition coefficient (Wildman–Crippen LogP) is 0.343. The van der Waals surface area contributed by atoms with E-state index in [-0.39, 0.29) is 18.5 Å². The van der Waals surface area contributed by atoms with Crippen LogP contribution in [-0.4, -0.2) is 31.6 Å². The van der Waals surface area contributed by atoms with E-state index in [1.165, 1.54) is 0 Å². The molecule has 0 spiro atoms. The highest BCUT2D eigenvalue weighted by Gasteiger charge is 2.24. The molecule has 6 heteroatoms. The number of amides is 3. The van der Waals surface area contributed by atoms with Crippen molar-refractivity contribution < 1.29 is 14.5 Å². The van der Waals surface area contributed by atoms with E-state index in [9.17, 15) is 9.59 Å². The number of hydrogen-bond acceptors (Lipinski definition) is 2. The first-order valence-corrected chi connectivity index (χ1v) is 7.07. The van der Waals surface area contributed by atoms with Gasteiger partial charge in [-0.25, -0.2) is 4.79 Å². The smallest absolute Gasteiger partial charge is 0.321 e. The van der Waals surface area contributed by atoms with Crippen LogP contribution in [0, 0.1) is 0 Å². The SMILES string of the molecule is C[NH+](CC(=O)NC(=O)NC1CC1)Cc1cccc(Cl)c1. The molecule has 0 saturated heterocycles. The molecule has 3 N–H and O–H groups in total. The number of benzene rings is 1. The topological polar surface area (TPSA) is 62.6 Å². The molecule has 1 aliphatic carbocycles. The van der Waals surface area contributed by atoms with Crippen molar-refractivity contribution in [3.05, 3.63) is 34.9 Å². The van der Waals surface area contributed by atoms with E-state index in [0.717, 1.165) is 23.3 Å². The Morgan fingerprint density at radius 2 is 2.15 bits per heavy atom. The molecule has 1 saturated carbocycles. The Balaban J connectivity index is 1.74. The third kappa shape index (κ3) is 5.19. The fraction of sp³-hybridized carbons (Fsp3) is 0.429. The third-order valence-electron chi connectivity index (χ3n) is 3.02. The van der Waals surface area contributed by atoms with Gasteiger partial charge in [-0.3, -0.25) is 10.1 Å². The van der Waals surface area contributed by atoms with Crippen molar-refractivity contribution in [3.63, 3.8) is 0 Å². The van der Waals surface area contributed by atoms with Gasteiger partial charge in [0.1, 0.15) is 6.54 Å². The summed E-state index contributed by atoms with van der Waals surface area (Å²) >= 11 is 5.92. The summed E-state index contributed by atoms with van der Waals surface area (Å²) in [6, 6.07) is 7.40. The number of carbonyl (C=O) groups excluding carboxylic acids is 2. The zero-order valence-electron chi connectivity index (χ0n) is 11.4. The Labute approximate surface area is 123 Å². The lowest BCUT2D eigenvalue weighted by Gasteiger charge is -2.13. The minimum absolute atomic E-state index is 0.241. The minimum atomic E-state index is -0.395. The lowest BCUT2D eigenvalue weighted by molar-refractivity contribution is -0.885. The number of rotatable bonds is 5. The molecule has 1 aromatic rings. The first kappa shape index (κ1) is 14.8. The van der Waals surface area contributed by atoms with E-state index in [1.54, 1.807) is 0 Å². The van der Waals surface area contributed by atoms with E-state index in [0.29, 0.717) is 11.6 Å². The van der Waals surface area contributed by atoms with Gasteiger partial charge in [-0.15, -0.1) is 0 Å². The van der Waals surface area contributed by atoms with Crippen LogP contribution in [-0.2, 0) is 11.3 Å². The number of imide groups is 1. The van der Waals surface area contributed by atoms with E-state index >= 15 is 0 Å².